The Morgan fingerprint density at radius 2 is 1.96 bits per heavy atom. The molecule has 2 aromatic rings. The maximum Gasteiger partial charge on any atom is 0.348 e. The molecule has 0 bridgehead atoms. The third kappa shape index (κ3) is 3.17. The van der Waals surface area contributed by atoms with E-state index in [1.54, 1.807) is 24.3 Å². The standard InChI is InChI=1S/C17H16ClNO6S/c1-23-14-8-7-11(18)9-16(14)26(21,22)19-10-15(17(20)24-2)25-13-6-4-3-5-12(13)19/h3-9,15H,10H2,1-2H3. The predicted octanol–water partition coefficient (Wildman–Crippen LogP) is 2.48. The molecule has 0 aliphatic carbocycles. The molecule has 3 rings (SSSR count). The van der Waals surface area contributed by atoms with Crippen molar-refractivity contribution < 1.29 is 27.4 Å². The summed E-state index contributed by atoms with van der Waals surface area (Å²) in [6.45, 7) is -0.234. The number of rotatable bonds is 4. The number of halogens is 1. The van der Waals surface area contributed by atoms with Gasteiger partial charge in [-0.05, 0) is 30.3 Å². The zero-order chi connectivity index (χ0) is 18.9. The second-order valence-electron chi connectivity index (χ2n) is 5.43. The van der Waals surface area contributed by atoms with Crippen LogP contribution in [0.3, 0.4) is 0 Å². The van der Waals surface area contributed by atoms with Crippen molar-refractivity contribution in [3.05, 3.63) is 47.5 Å². The number of para-hydroxylation sites is 2. The van der Waals surface area contributed by atoms with E-state index in [9.17, 15) is 13.2 Å². The zero-order valence-electron chi connectivity index (χ0n) is 14.0. The summed E-state index contributed by atoms with van der Waals surface area (Å²) in [6, 6.07) is 10.9. The minimum absolute atomic E-state index is 0.104. The highest BCUT2D eigenvalue weighted by atomic mass is 35.5. The number of benzene rings is 2. The first-order valence-electron chi connectivity index (χ1n) is 7.58. The molecule has 1 aliphatic heterocycles. The molecule has 1 heterocycles. The zero-order valence-corrected chi connectivity index (χ0v) is 15.6. The number of anilines is 1. The Hall–Kier alpha value is -2.45. The fraction of sp³-hybridized carbons (Fsp3) is 0.235. The lowest BCUT2D eigenvalue weighted by molar-refractivity contribution is -0.148. The lowest BCUT2D eigenvalue weighted by Crippen LogP contribution is -2.47. The number of hydrogen-bond acceptors (Lipinski definition) is 6. The molecule has 9 heteroatoms. The van der Waals surface area contributed by atoms with E-state index in [4.69, 9.17) is 25.8 Å². The molecule has 0 fully saturated rings. The van der Waals surface area contributed by atoms with E-state index in [0.717, 1.165) is 4.31 Å². The summed E-state index contributed by atoms with van der Waals surface area (Å²) in [5.74, 6) is -0.260. The first-order valence-corrected chi connectivity index (χ1v) is 9.40. The number of nitrogens with zero attached hydrogens (tertiary/aromatic N) is 1. The highest BCUT2D eigenvalue weighted by Crippen LogP contribution is 2.39. The molecule has 0 spiro atoms. The van der Waals surface area contributed by atoms with Gasteiger partial charge in [0.2, 0.25) is 6.10 Å². The molecule has 0 N–H and O–H groups in total. The number of fused-ring (bicyclic) bond motifs is 1. The van der Waals surface area contributed by atoms with Crippen molar-refractivity contribution in [2.75, 3.05) is 25.1 Å². The Balaban J connectivity index is 2.14. The number of esters is 1. The predicted molar refractivity (Wildman–Crippen MR) is 95.4 cm³/mol. The number of sulfonamides is 1. The van der Waals surface area contributed by atoms with Gasteiger partial charge in [-0.2, -0.15) is 0 Å². The summed E-state index contributed by atoms with van der Waals surface area (Å²) in [5, 5.41) is 0.246. The first kappa shape index (κ1) is 18.3. The molecular weight excluding hydrogens is 382 g/mol. The average Bonchev–Trinajstić information content (AvgIpc) is 2.66. The third-order valence-electron chi connectivity index (χ3n) is 3.89. The molecule has 138 valence electrons. The maximum atomic E-state index is 13.3. The van der Waals surface area contributed by atoms with Crippen molar-refractivity contribution >= 4 is 33.3 Å². The molecule has 1 unspecified atom stereocenters. The molecule has 0 amide bonds. The molecule has 0 saturated heterocycles. The molecule has 0 aromatic heterocycles. The van der Waals surface area contributed by atoms with Crippen LogP contribution in [0.2, 0.25) is 5.02 Å². The largest absolute Gasteiger partial charge is 0.495 e. The minimum atomic E-state index is -4.08. The fourth-order valence-corrected chi connectivity index (χ4v) is 4.55. The quantitative estimate of drug-likeness (QED) is 0.737. The number of hydrogen-bond donors (Lipinski definition) is 0. The minimum Gasteiger partial charge on any atom is -0.495 e. The van der Waals surface area contributed by atoms with Crippen LogP contribution in [-0.2, 0) is 19.6 Å². The van der Waals surface area contributed by atoms with Crippen LogP contribution in [0.15, 0.2) is 47.4 Å². The van der Waals surface area contributed by atoms with Crippen molar-refractivity contribution in [1.82, 2.24) is 0 Å². The van der Waals surface area contributed by atoms with Gasteiger partial charge in [0, 0.05) is 5.02 Å². The van der Waals surface area contributed by atoms with E-state index in [0.29, 0.717) is 5.69 Å². The smallest absolute Gasteiger partial charge is 0.348 e. The van der Waals surface area contributed by atoms with Crippen LogP contribution in [0.1, 0.15) is 0 Å². The summed E-state index contributed by atoms with van der Waals surface area (Å²) in [7, 11) is -1.50. The number of methoxy groups -OCH3 is 2. The Bertz CT molecular complexity index is 946. The molecule has 2 aromatic carbocycles. The summed E-state index contributed by atoms with van der Waals surface area (Å²) in [4.78, 5) is 11.8. The van der Waals surface area contributed by atoms with Crippen LogP contribution in [0.5, 0.6) is 11.5 Å². The van der Waals surface area contributed by atoms with Crippen molar-refractivity contribution in [1.29, 1.82) is 0 Å². The summed E-state index contributed by atoms with van der Waals surface area (Å²) >= 11 is 5.98. The lowest BCUT2D eigenvalue weighted by atomic mass is 10.2. The van der Waals surface area contributed by atoms with Crippen LogP contribution >= 0.6 is 11.6 Å². The molecule has 0 radical (unpaired) electrons. The number of ether oxygens (including phenoxy) is 3. The van der Waals surface area contributed by atoms with Gasteiger partial charge in [-0.25, -0.2) is 13.2 Å². The van der Waals surface area contributed by atoms with Gasteiger partial charge < -0.3 is 14.2 Å². The van der Waals surface area contributed by atoms with Crippen molar-refractivity contribution in [2.45, 2.75) is 11.0 Å². The van der Waals surface area contributed by atoms with Crippen molar-refractivity contribution in [2.24, 2.45) is 0 Å². The van der Waals surface area contributed by atoms with Gasteiger partial charge in [0.25, 0.3) is 10.0 Å². The highest BCUT2D eigenvalue weighted by molar-refractivity contribution is 7.93. The summed E-state index contributed by atoms with van der Waals surface area (Å²) in [5.41, 5.74) is 0.315. The molecule has 0 saturated carbocycles. The number of carbonyl (C=O) groups excluding carboxylic acids is 1. The number of carbonyl (C=O) groups is 1. The van der Waals surface area contributed by atoms with Crippen LogP contribution < -0.4 is 13.8 Å². The van der Waals surface area contributed by atoms with E-state index in [-0.39, 0.29) is 28.0 Å². The van der Waals surface area contributed by atoms with Gasteiger partial charge in [0.15, 0.2) is 0 Å². The summed E-state index contributed by atoms with van der Waals surface area (Å²) < 4.78 is 43.2. The van der Waals surface area contributed by atoms with E-state index >= 15 is 0 Å². The van der Waals surface area contributed by atoms with Crippen LogP contribution in [0.25, 0.3) is 0 Å². The van der Waals surface area contributed by atoms with Gasteiger partial charge >= 0.3 is 5.97 Å². The van der Waals surface area contributed by atoms with E-state index < -0.39 is 22.1 Å². The van der Waals surface area contributed by atoms with Gasteiger partial charge in [-0.3, -0.25) is 4.31 Å². The van der Waals surface area contributed by atoms with E-state index in [1.807, 2.05) is 0 Å². The van der Waals surface area contributed by atoms with Gasteiger partial charge in [-0.15, -0.1) is 0 Å². The van der Waals surface area contributed by atoms with Crippen LogP contribution in [-0.4, -0.2) is 41.3 Å². The third-order valence-corrected chi connectivity index (χ3v) is 5.93. The molecule has 1 aliphatic rings. The van der Waals surface area contributed by atoms with Crippen LogP contribution in [0, 0.1) is 0 Å². The topological polar surface area (TPSA) is 82.1 Å². The van der Waals surface area contributed by atoms with Crippen LogP contribution in [0.4, 0.5) is 5.69 Å². The second-order valence-corrected chi connectivity index (χ2v) is 7.70. The first-order chi connectivity index (χ1) is 12.4. The van der Waals surface area contributed by atoms with E-state index in [2.05, 4.69) is 0 Å². The van der Waals surface area contributed by atoms with Gasteiger partial charge in [0.05, 0.1) is 26.5 Å². The molecular formula is C17H16ClNO6S. The maximum absolute atomic E-state index is 13.3. The van der Waals surface area contributed by atoms with Crippen molar-refractivity contribution in [3.63, 3.8) is 0 Å². The molecule has 1 atom stereocenters. The Kier molecular flexibility index (Phi) is 4.97. The average molecular weight is 398 g/mol. The second kappa shape index (κ2) is 7.05. The highest BCUT2D eigenvalue weighted by Gasteiger charge is 2.39. The lowest BCUT2D eigenvalue weighted by Gasteiger charge is -2.34. The normalized spacial score (nSPS) is 16.4. The van der Waals surface area contributed by atoms with Gasteiger partial charge in [-0.1, -0.05) is 23.7 Å². The SMILES string of the molecule is COC(=O)C1CN(S(=O)(=O)c2cc(Cl)ccc2OC)c2ccccc2O1. The Morgan fingerprint density at radius 3 is 2.65 bits per heavy atom. The molecule has 7 nitrogen and oxygen atoms in total. The van der Waals surface area contributed by atoms with Gasteiger partial charge in [0.1, 0.15) is 16.4 Å². The summed E-state index contributed by atoms with van der Waals surface area (Å²) in [6.07, 6.45) is -1.09. The van der Waals surface area contributed by atoms with Crippen molar-refractivity contribution in [3.8, 4) is 11.5 Å². The molecule has 26 heavy (non-hydrogen) atoms. The fourth-order valence-electron chi connectivity index (χ4n) is 2.65. The Morgan fingerprint density at radius 1 is 1.23 bits per heavy atom. The Labute approximate surface area is 156 Å². The van der Waals surface area contributed by atoms with E-state index in [1.165, 1.54) is 32.4 Å². The monoisotopic (exact) mass is 397 g/mol.